The molecular weight excluding hydrogens is 563 g/mol. The number of aryl methyl sites for hydroxylation is 2. The summed E-state index contributed by atoms with van der Waals surface area (Å²) in [5.74, 6) is -1.06. The zero-order chi connectivity index (χ0) is 30.2. The van der Waals surface area contributed by atoms with Gasteiger partial charge in [0.1, 0.15) is 11.5 Å². The third-order valence-electron chi connectivity index (χ3n) is 6.33. The molecule has 1 N–H and O–H groups in total. The number of carbonyl (C=O) groups is 1. The summed E-state index contributed by atoms with van der Waals surface area (Å²) in [6.07, 6.45) is 4.73. The molecule has 0 spiro atoms. The van der Waals surface area contributed by atoms with E-state index >= 15 is 4.39 Å². The average molecular weight is 593 g/mol. The normalized spacial score (nSPS) is 12.0. The van der Waals surface area contributed by atoms with E-state index in [-0.39, 0.29) is 46.0 Å². The second-order valence-corrected chi connectivity index (χ2v) is 12.8. The van der Waals surface area contributed by atoms with Gasteiger partial charge in [-0.25, -0.2) is 12.8 Å². The van der Waals surface area contributed by atoms with Crippen molar-refractivity contribution in [3.05, 3.63) is 83.7 Å². The summed E-state index contributed by atoms with van der Waals surface area (Å²) >= 11 is 0. The highest BCUT2D eigenvalue weighted by Gasteiger charge is 2.22. The molecule has 0 bridgehead atoms. The largest absolute Gasteiger partial charge is 0.453 e. The van der Waals surface area contributed by atoms with Crippen LogP contribution >= 0.6 is 0 Å². The van der Waals surface area contributed by atoms with Crippen molar-refractivity contribution in [2.75, 3.05) is 5.32 Å². The number of nitrogens with one attached hydrogen (secondary N) is 1. The van der Waals surface area contributed by atoms with E-state index < -0.39 is 21.4 Å². The number of carbonyl (C=O) groups excluding carboxylic acids is 1. The molecule has 3 aromatic heterocycles. The number of aromatic nitrogens is 5. The van der Waals surface area contributed by atoms with Crippen LogP contribution in [0.25, 0.3) is 10.9 Å². The Morgan fingerprint density at radius 1 is 1.12 bits per heavy atom. The van der Waals surface area contributed by atoms with Crippen molar-refractivity contribution in [3.8, 4) is 11.5 Å². The van der Waals surface area contributed by atoms with Crippen LogP contribution in [-0.4, -0.2) is 39.3 Å². The predicted octanol–water partition coefficient (Wildman–Crippen LogP) is 5.27. The maximum absolute atomic E-state index is 15.3. The topological polar surface area (TPSA) is 142 Å². The number of nitrogens with zero attached hydrogens (tertiary/aromatic N) is 5. The molecular formula is C29H29FN6O5S. The van der Waals surface area contributed by atoms with E-state index in [0.717, 1.165) is 0 Å². The number of fused-ring (bicyclic) bond motifs is 1. The van der Waals surface area contributed by atoms with Gasteiger partial charge in [0.15, 0.2) is 21.4 Å². The van der Waals surface area contributed by atoms with Gasteiger partial charge in [-0.15, -0.1) is 10.2 Å². The first kappa shape index (κ1) is 28.9. The monoisotopic (exact) mass is 592 g/mol. The second kappa shape index (κ2) is 11.0. The molecule has 5 rings (SSSR count). The Balaban J connectivity index is 1.36. The fourth-order valence-electron chi connectivity index (χ4n) is 4.31. The van der Waals surface area contributed by atoms with Crippen LogP contribution in [0, 0.1) is 19.7 Å². The fourth-order valence-corrected chi connectivity index (χ4v) is 5.49. The minimum Gasteiger partial charge on any atom is -0.453 e. The van der Waals surface area contributed by atoms with Gasteiger partial charge in [-0.05, 0) is 69.2 Å². The molecule has 0 aliphatic heterocycles. The molecule has 2 aromatic carbocycles. The maximum atomic E-state index is 15.3. The highest BCUT2D eigenvalue weighted by Crippen LogP contribution is 2.34. The minimum atomic E-state index is -3.84. The summed E-state index contributed by atoms with van der Waals surface area (Å²) in [7, 11) is -3.84. The number of ether oxygens (including phenoxy) is 1. The number of amides is 1. The van der Waals surface area contributed by atoms with Crippen molar-refractivity contribution in [2.45, 2.75) is 57.2 Å². The van der Waals surface area contributed by atoms with Gasteiger partial charge in [0.25, 0.3) is 0 Å². The molecule has 0 unspecified atom stereocenters. The number of benzene rings is 2. The number of hydrogen-bond donors (Lipinski definition) is 1. The van der Waals surface area contributed by atoms with E-state index in [2.05, 4.69) is 25.6 Å². The van der Waals surface area contributed by atoms with Gasteiger partial charge < -0.3 is 14.5 Å². The molecule has 5 aromatic rings. The first-order valence-corrected chi connectivity index (χ1v) is 14.7. The molecule has 11 nitrogen and oxygen atoms in total. The van der Waals surface area contributed by atoms with Crippen LogP contribution < -0.4 is 10.1 Å². The molecule has 0 aliphatic carbocycles. The van der Waals surface area contributed by atoms with Crippen molar-refractivity contribution < 1.29 is 26.8 Å². The molecule has 0 atom stereocenters. The van der Waals surface area contributed by atoms with Crippen molar-refractivity contribution in [1.29, 1.82) is 0 Å². The molecule has 3 heterocycles. The molecule has 0 fully saturated rings. The van der Waals surface area contributed by atoms with Gasteiger partial charge in [0.05, 0.1) is 34.3 Å². The smallest absolute Gasteiger partial charge is 0.231 e. The summed E-state index contributed by atoms with van der Waals surface area (Å²) < 4.78 is 54.3. The van der Waals surface area contributed by atoms with Gasteiger partial charge in [0, 0.05) is 24.7 Å². The Morgan fingerprint density at radius 2 is 1.90 bits per heavy atom. The number of sulfone groups is 1. The average Bonchev–Trinajstić information content (AvgIpc) is 3.54. The van der Waals surface area contributed by atoms with Crippen LogP contribution in [-0.2, 0) is 32.3 Å². The summed E-state index contributed by atoms with van der Waals surface area (Å²) in [6.45, 7) is 9.22. The van der Waals surface area contributed by atoms with Crippen LogP contribution in [0.15, 0.2) is 64.3 Å². The number of anilines is 1. The summed E-state index contributed by atoms with van der Waals surface area (Å²) in [5, 5.41) is 14.9. The number of halogens is 1. The summed E-state index contributed by atoms with van der Waals surface area (Å²) in [6, 6.07) is 8.83. The number of rotatable bonds is 8. The van der Waals surface area contributed by atoms with E-state index in [1.165, 1.54) is 30.5 Å². The molecule has 0 radical (unpaired) electrons. The zero-order valence-electron chi connectivity index (χ0n) is 23.7. The SMILES string of the molecule is Cc1nnc(CS(=O)(=O)c2ccc3nccc(Oc4c(C)cc(CC(=O)Nc5cnn(C(C)(C)C)c5)cc4F)c3c2)o1. The molecule has 1 amide bonds. The van der Waals surface area contributed by atoms with Crippen LogP contribution in [0.1, 0.15) is 43.7 Å². The van der Waals surface area contributed by atoms with Crippen molar-refractivity contribution >= 4 is 32.3 Å². The fraction of sp³-hybridized carbons (Fsp3) is 0.276. The molecule has 0 aliphatic rings. The van der Waals surface area contributed by atoms with E-state index in [1.54, 1.807) is 43.1 Å². The Labute approximate surface area is 241 Å². The maximum Gasteiger partial charge on any atom is 0.231 e. The Hall–Kier alpha value is -4.65. The van der Waals surface area contributed by atoms with E-state index in [0.29, 0.717) is 27.7 Å². The highest BCUT2D eigenvalue weighted by atomic mass is 32.2. The number of pyridine rings is 1. The standard InChI is InChI=1S/C29H29FN6O5S/c1-17-10-19(12-26(37)33-20-14-32-36(15-20)29(3,4)5)11-23(30)28(17)41-25-8-9-31-24-7-6-21(13-22(24)25)42(38,39)16-27-35-34-18(2)40-27/h6-11,13-15H,12,16H2,1-5H3,(H,33,37). The molecule has 218 valence electrons. The summed E-state index contributed by atoms with van der Waals surface area (Å²) in [4.78, 5) is 16.9. The van der Waals surface area contributed by atoms with E-state index in [1.807, 2.05) is 20.8 Å². The lowest BCUT2D eigenvalue weighted by Crippen LogP contribution is -2.22. The van der Waals surface area contributed by atoms with Crippen molar-refractivity contribution in [2.24, 2.45) is 0 Å². The Bertz CT molecular complexity index is 1890. The first-order valence-electron chi connectivity index (χ1n) is 13.0. The van der Waals surface area contributed by atoms with E-state index in [9.17, 15) is 13.2 Å². The Kier molecular flexibility index (Phi) is 7.54. The van der Waals surface area contributed by atoms with Gasteiger partial charge in [-0.2, -0.15) is 5.10 Å². The van der Waals surface area contributed by atoms with Crippen LogP contribution in [0.4, 0.5) is 10.1 Å². The van der Waals surface area contributed by atoms with Gasteiger partial charge in [-0.1, -0.05) is 6.07 Å². The number of hydrogen-bond acceptors (Lipinski definition) is 9. The van der Waals surface area contributed by atoms with Gasteiger partial charge in [0.2, 0.25) is 17.7 Å². The second-order valence-electron chi connectivity index (χ2n) is 10.9. The van der Waals surface area contributed by atoms with Gasteiger partial charge in [-0.3, -0.25) is 14.5 Å². The third-order valence-corrected chi connectivity index (χ3v) is 7.93. The lowest BCUT2D eigenvalue weighted by molar-refractivity contribution is -0.115. The minimum absolute atomic E-state index is 0.00435. The van der Waals surface area contributed by atoms with Crippen molar-refractivity contribution in [1.82, 2.24) is 25.0 Å². The first-order chi connectivity index (χ1) is 19.8. The van der Waals surface area contributed by atoms with Crippen LogP contribution in [0.2, 0.25) is 0 Å². The lowest BCUT2D eigenvalue weighted by atomic mass is 10.1. The molecule has 0 saturated heterocycles. The highest BCUT2D eigenvalue weighted by molar-refractivity contribution is 7.90. The third kappa shape index (κ3) is 6.30. The van der Waals surface area contributed by atoms with Crippen LogP contribution in [0.3, 0.4) is 0 Å². The summed E-state index contributed by atoms with van der Waals surface area (Å²) in [5.41, 5.74) is 1.69. The zero-order valence-corrected chi connectivity index (χ0v) is 24.5. The van der Waals surface area contributed by atoms with Crippen LogP contribution in [0.5, 0.6) is 11.5 Å². The quantitative estimate of drug-likeness (QED) is 0.255. The van der Waals surface area contributed by atoms with Gasteiger partial charge >= 0.3 is 0 Å². The predicted molar refractivity (Wildman–Crippen MR) is 152 cm³/mol. The lowest BCUT2D eigenvalue weighted by Gasteiger charge is -2.18. The Morgan fingerprint density at radius 3 is 2.57 bits per heavy atom. The molecule has 0 saturated carbocycles. The van der Waals surface area contributed by atoms with Crippen molar-refractivity contribution in [3.63, 3.8) is 0 Å². The molecule has 42 heavy (non-hydrogen) atoms. The van der Waals surface area contributed by atoms with E-state index in [4.69, 9.17) is 9.15 Å². The molecule has 13 heteroatoms.